The molecule has 4 aromatic rings. The highest BCUT2D eigenvalue weighted by Gasteiger charge is 2.24. The topological polar surface area (TPSA) is 99.9 Å². The second-order valence-corrected chi connectivity index (χ2v) is 7.99. The van der Waals surface area contributed by atoms with Gasteiger partial charge >= 0.3 is 0 Å². The fraction of sp³-hybridized carbons (Fsp3) is 0.292. The predicted octanol–water partition coefficient (Wildman–Crippen LogP) is 4.83. The van der Waals surface area contributed by atoms with E-state index in [1.54, 1.807) is 6.20 Å². The molecule has 5 rings (SSSR count). The molecule has 1 aliphatic carbocycles. The van der Waals surface area contributed by atoms with Crippen LogP contribution in [-0.2, 0) is 0 Å². The maximum atomic E-state index is 8.95. The summed E-state index contributed by atoms with van der Waals surface area (Å²) in [5.41, 5.74) is 4.48. The van der Waals surface area contributed by atoms with E-state index in [4.69, 9.17) is 15.1 Å². The third-order valence-electron chi connectivity index (χ3n) is 5.73. The first-order valence-corrected chi connectivity index (χ1v) is 11.1. The molecule has 2 aromatic heterocycles. The molecule has 8 heteroatoms. The molecule has 0 atom stereocenters. The van der Waals surface area contributed by atoms with Crippen LogP contribution in [0.4, 0.5) is 29.0 Å². The number of rotatable bonds is 8. The molecular formula is C24H27N7O. The Labute approximate surface area is 186 Å². The molecule has 1 fully saturated rings. The molecule has 0 saturated heterocycles. The second-order valence-electron chi connectivity index (χ2n) is 7.99. The SMILES string of the molecule is OCCNc1ccc(Nc2ncc3nc(Nc4ccccc4)n(C4CCCC4)c3n2)cc1. The summed E-state index contributed by atoms with van der Waals surface area (Å²) < 4.78 is 2.24. The fourth-order valence-electron chi connectivity index (χ4n) is 4.20. The van der Waals surface area contributed by atoms with E-state index in [-0.39, 0.29) is 6.61 Å². The van der Waals surface area contributed by atoms with Gasteiger partial charge < -0.3 is 21.1 Å². The molecule has 2 heterocycles. The van der Waals surface area contributed by atoms with E-state index in [9.17, 15) is 0 Å². The van der Waals surface area contributed by atoms with Crippen molar-refractivity contribution in [3.8, 4) is 0 Å². The Morgan fingerprint density at radius 3 is 2.34 bits per heavy atom. The Hall–Kier alpha value is -3.65. The van der Waals surface area contributed by atoms with E-state index in [2.05, 4.69) is 25.5 Å². The van der Waals surface area contributed by atoms with Crippen LogP contribution >= 0.6 is 0 Å². The van der Waals surface area contributed by atoms with E-state index in [0.717, 1.165) is 47.0 Å². The van der Waals surface area contributed by atoms with Crippen molar-refractivity contribution in [3.05, 3.63) is 60.8 Å². The lowest BCUT2D eigenvalue weighted by Gasteiger charge is -2.16. The zero-order valence-corrected chi connectivity index (χ0v) is 17.8. The smallest absolute Gasteiger partial charge is 0.229 e. The highest BCUT2D eigenvalue weighted by molar-refractivity contribution is 5.77. The van der Waals surface area contributed by atoms with Crippen LogP contribution in [0.5, 0.6) is 0 Å². The molecule has 8 nitrogen and oxygen atoms in total. The summed E-state index contributed by atoms with van der Waals surface area (Å²) >= 11 is 0. The zero-order chi connectivity index (χ0) is 21.8. The summed E-state index contributed by atoms with van der Waals surface area (Å²) in [6.07, 6.45) is 6.49. The zero-order valence-electron chi connectivity index (χ0n) is 17.8. The van der Waals surface area contributed by atoms with Crippen LogP contribution in [0.25, 0.3) is 11.2 Å². The van der Waals surface area contributed by atoms with Gasteiger partial charge in [0, 0.05) is 29.6 Å². The van der Waals surface area contributed by atoms with Crippen molar-refractivity contribution in [2.75, 3.05) is 29.1 Å². The molecule has 1 aliphatic rings. The third-order valence-corrected chi connectivity index (χ3v) is 5.73. The van der Waals surface area contributed by atoms with Crippen molar-refractivity contribution in [2.24, 2.45) is 0 Å². The number of anilines is 5. The predicted molar refractivity (Wildman–Crippen MR) is 128 cm³/mol. The van der Waals surface area contributed by atoms with Gasteiger partial charge in [-0.1, -0.05) is 31.0 Å². The average molecular weight is 430 g/mol. The highest BCUT2D eigenvalue weighted by atomic mass is 16.3. The van der Waals surface area contributed by atoms with Crippen molar-refractivity contribution >= 4 is 40.1 Å². The van der Waals surface area contributed by atoms with E-state index in [1.807, 2.05) is 54.6 Å². The van der Waals surface area contributed by atoms with Crippen LogP contribution in [0, 0.1) is 0 Å². The first kappa shape index (κ1) is 20.3. The van der Waals surface area contributed by atoms with Crippen molar-refractivity contribution in [1.29, 1.82) is 0 Å². The van der Waals surface area contributed by atoms with Crippen LogP contribution in [0.3, 0.4) is 0 Å². The normalized spacial score (nSPS) is 14.0. The lowest BCUT2D eigenvalue weighted by molar-refractivity contribution is 0.311. The van der Waals surface area contributed by atoms with Gasteiger partial charge in [0.15, 0.2) is 5.65 Å². The van der Waals surface area contributed by atoms with Gasteiger partial charge in [-0.15, -0.1) is 0 Å². The lowest BCUT2D eigenvalue weighted by atomic mass is 10.2. The monoisotopic (exact) mass is 429 g/mol. The number of benzene rings is 2. The quantitative estimate of drug-likeness (QED) is 0.318. The number of nitrogens with zero attached hydrogens (tertiary/aromatic N) is 4. The molecule has 32 heavy (non-hydrogen) atoms. The van der Waals surface area contributed by atoms with Gasteiger partial charge in [0.05, 0.1) is 12.8 Å². The highest BCUT2D eigenvalue weighted by Crippen LogP contribution is 2.35. The Kier molecular flexibility index (Phi) is 5.85. The molecular weight excluding hydrogens is 402 g/mol. The van der Waals surface area contributed by atoms with Crippen molar-refractivity contribution in [1.82, 2.24) is 19.5 Å². The molecule has 0 radical (unpaired) electrons. The van der Waals surface area contributed by atoms with E-state index >= 15 is 0 Å². The number of aliphatic hydroxyl groups is 1. The molecule has 0 bridgehead atoms. The minimum absolute atomic E-state index is 0.101. The van der Waals surface area contributed by atoms with Crippen LogP contribution < -0.4 is 16.0 Å². The summed E-state index contributed by atoms with van der Waals surface area (Å²) in [5.74, 6) is 1.35. The number of para-hydroxylation sites is 1. The van der Waals surface area contributed by atoms with Crippen LogP contribution in [-0.4, -0.2) is 37.8 Å². The Morgan fingerprint density at radius 2 is 1.59 bits per heavy atom. The van der Waals surface area contributed by atoms with Crippen molar-refractivity contribution < 1.29 is 5.11 Å². The number of imidazole rings is 1. The lowest BCUT2D eigenvalue weighted by Crippen LogP contribution is -2.10. The summed E-state index contributed by atoms with van der Waals surface area (Å²) in [4.78, 5) is 14.1. The first-order valence-electron chi connectivity index (χ1n) is 11.1. The van der Waals surface area contributed by atoms with Gasteiger partial charge in [-0.25, -0.2) is 9.97 Å². The van der Waals surface area contributed by atoms with Gasteiger partial charge in [0.25, 0.3) is 0 Å². The summed E-state index contributed by atoms with van der Waals surface area (Å²) in [5, 5.41) is 18.9. The molecule has 4 N–H and O–H groups in total. The maximum Gasteiger partial charge on any atom is 0.229 e. The molecule has 2 aromatic carbocycles. The van der Waals surface area contributed by atoms with E-state index < -0.39 is 0 Å². The maximum absolute atomic E-state index is 8.95. The first-order chi connectivity index (χ1) is 15.8. The minimum Gasteiger partial charge on any atom is -0.395 e. The number of fused-ring (bicyclic) bond motifs is 1. The van der Waals surface area contributed by atoms with Gasteiger partial charge in [0.1, 0.15) is 5.52 Å². The second kappa shape index (κ2) is 9.23. The van der Waals surface area contributed by atoms with Gasteiger partial charge in [-0.2, -0.15) is 4.98 Å². The Bertz CT molecular complexity index is 1170. The number of aliphatic hydroxyl groups excluding tert-OH is 1. The van der Waals surface area contributed by atoms with Gasteiger partial charge in [-0.3, -0.25) is 4.57 Å². The average Bonchev–Trinajstić information content (AvgIpc) is 3.46. The summed E-state index contributed by atoms with van der Waals surface area (Å²) in [7, 11) is 0. The molecule has 1 saturated carbocycles. The third kappa shape index (κ3) is 4.36. The van der Waals surface area contributed by atoms with Crippen LogP contribution in [0.1, 0.15) is 31.7 Å². The number of hydrogen-bond donors (Lipinski definition) is 4. The van der Waals surface area contributed by atoms with Crippen molar-refractivity contribution in [2.45, 2.75) is 31.7 Å². The molecule has 0 aliphatic heterocycles. The van der Waals surface area contributed by atoms with Crippen molar-refractivity contribution in [3.63, 3.8) is 0 Å². The molecule has 164 valence electrons. The van der Waals surface area contributed by atoms with Gasteiger partial charge in [-0.05, 0) is 49.2 Å². The Balaban J connectivity index is 1.45. The number of nitrogens with one attached hydrogen (secondary N) is 3. The largest absolute Gasteiger partial charge is 0.395 e. The standard InChI is InChI=1S/C24H27N7O/c32-15-14-25-17-10-12-19(13-11-17)27-23-26-16-21-22(30-23)31(20-8-4-5-9-20)24(29-21)28-18-6-2-1-3-7-18/h1-3,6-7,10-13,16,20,25,32H,4-5,8-9,14-15H2,(H,28,29)(H,26,27,30). The summed E-state index contributed by atoms with van der Waals surface area (Å²) in [6.45, 7) is 0.626. The summed E-state index contributed by atoms with van der Waals surface area (Å²) in [6, 6.07) is 18.3. The van der Waals surface area contributed by atoms with E-state index in [1.165, 1.54) is 12.8 Å². The van der Waals surface area contributed by atoms with Crippen LogP contribution in [0.15, 0.2) is 60.8 Å². The molecule has 0 amide bonds. The number of hydrogen-bond acceptors (Lipinski definition) is 7. The molecule has 0 spiro atoms. The van der Waals surface area contributed by atoms with E-state index in [0.29, 0.717) is 18.5 Å². The minimum atomic E-state index is 0.101. The fourth-order valence-corrected chi connectivity index (χ4v) is 4.20. The Morgan fingerprint density at radius 1 is 0.875 bits per heavy atom. The van der Waals surface area contributed by atoms with Crippen LogP contribution in [0.2, 0.25) is 0 Å². The molecule has 0 unspecified atom stereocenters. The van der Waals surface area contributed by atoms with Gasteiger partial charge in [0.2, 0.25) is 11.9 Å². The number of aromatic nitrogens is 4.